The van der Waals surface area contributed by atoms with E-state index in [-0.39, 0.29) is 5.91 Å². The zero-order valence-corrected chi connectivity index (χ0v) is 13.8. The molecule has 4 nitrogen and oxygen atoms in total. The van der Waals surface area contributed by atoms with E-state index in [1.807, 2.05) is 11.4 Å². The second-order valence-electron chi connectivity index (χ2n) is 5.09. The van der Waals surface area contributed by atoms with Crippen LogP contribution in [0.25, 0.3) is 0 Å². The predicted molar refractivity (Wildman–Crippen MR) is 82.4 cm³/mol. The Morgan fingerprint density at radius 3 is 3.00 bits per heavy atom. The highest BCUT2D eigenvalue weighted by molar-refractivity contribution is 9.10. The zero-order chi connectivity index (χ0) is 13.8. The Morgan fingerprint density at radius 1 is 1.58 bits per heavy atom. The monoisotopic (exact) mass is 345 g/mol. The van der Waals surface area contributed by atoms with Crippen LogP contribution < -0.4 is 5.32 Å². The Balaban J connectivity index is 1.75. The van der Waals surface area contributed by atoms with Gasteiger partial charge in [0, 0.05) is 40.4 Å². The standard InChI is InChI=1S/C13H20BrN3OS/c1-10-7-16(2)3-4-17(10)8-13(18)15-6-12-5-11(14)9-19-12/h5,9-10H,3-4,6-8H2,1-2H3,(H,15,18)/t10-/m1/s1. The fraction of sp³-hybridized carbons (Fsp3) is 0.615. The molecule has 1 amide bonds. The summed E-state index contributed by atoms with van der Waals surface area (Å²) < 4.78 is 1.08. The van der Waals surface area contributed by atoms with Crippen molar-refractivity contribution >= 4 is 33.2 Å². The molecule has 0 saturated carbocycles. The summed E-state index contributed by atoms with van der Waals surface area (Å²) in [6, 6.07) is 2.49. The van der Waals surface area contributed by atoms with Gasteiger partial charge in [0.1, 0.15) is 0 Å². The van der Waals surface area contributed by atoms with E-state index >= 15 is 0 Å². The largest absolute Gasteiger partial charge is 0.350 e. The first kappa shape index (κ1) is 15.0. The molecule has 0 unspecified atom stereocenters. The minimum atomic E-state index is 0.112. The van der Waals surface area contributed by atoms with Gasteiger partial charge in [-0.1, -0.05) is 0 Å². The summed E-state index contributed by atoms with van der Waals surface area (Å²) in [4.78, 5) is 17.7. The number of amides is 1. The minimum absolute atomic E-state index is 0.112. The highest BCUT2D eigenvalue weighted by Crippen LogP contribution is 2.19. The molecule has 0 spiro atoms. The van der Waals surface area contributed by atoms with Gasteiger partial charge in [-0.05, 0) is 36.0 Å². The first-order valence-corrected chi connectivity index (χ1v) is 8.14. The van der Waals surface area contributed by atoms with Crippen molar-refractivity contribution < 1.29 is 4.79 Å². The lowest BCUT2D eigenvalue weighted by Gasteiger charge is -2.37. The van der Waals surface area contributed by atoms with E-state index in [0.717, 1.165) is 24.1 Å². The molecule has 2 rings (SSSR count). The van der Waals surface area contributed by atoms with E-state index < -0.39 is 0 Å². The van der Waals surface area contributed by atoms with Gasteiger partial charge in [-0.2, -0.15) is 0 Å². The third-order valence-electron chi connectivity index (χ3n) is 3.40. The first-order chi connectivity index (χ1) is 9.04. The van der Waals surface area contributed by atoms with E-state index in [4.69, 9.17) is 0 Å². The van der Waals surface area contributed by atoms with Crippen LogP contribution in [0.1, 0.15) is 11.8 Å². The molecule has 0 bridgehead atoms. The molecule has 0 radical (unpaired) electrons. The molecule has 1 aliphatic rings. The number of hydrogen-bond donors (Lipinski definition) is 1. The van der Waals surface area contributed by atoms with Crippen molar-refractivity contribution in [3.63, 3.8) is 0 Å². The SMILES string of the molecule is C[C@@H]1CN(C)CCN1CC(=O)NCc1cc(Br)cs1. The van der Waals surface area contributed by atoms with Gasteiger partial charge < -0.3 is 10.2 Å². The van der Waals surface area contributed by atoms with Gasteiger partial charge in [-0.25, -0.2) is 0 Å². The highest BCUT2D eigenvalue weighted by atomic mass is 79.9. The maximum absolute atomic E-state index is 11.9. The van der Waals surface area contributed by atoms with Crippen LogP contribution in [-0.2, 0) is 11.3 Å². The molecule has 0 aliphatic carbocycles. The molecular weight excluding hydrogens is 326 g/mol. The Kier molecular flexibility index (Phi) is 5.38. The molecule has 106 valence electrons. The molecule has 6 heteroatoms. The number of carbonyl (C=O) groups excluding carboxylic acids is 1. The molecule has 1 fully saturated rings. The number of halogens is 1. The molecule has 19 heavy (non-hydrogen) atoms. The first-order valence-electron chi connectivity index (χ1n) is 6.47. The van der Waals surface area contributed by atoms with Gasteiger partial charge in [-0.3, -0.25) is 9.69 Å². The topological polar surface area (TPSA) is 35.6 Å². The lowest BCUT2D eigenvalue weighted by atomic mass is 10.2. The molecular formula is C13H20BrN3OS. The molecule has 1 N–H and O–H groups in total. The van der Waals surface area contributed by atoms with Crippen molar-refractivity contribution in [2.75, 3.05) is 33.2 Å². The van der Waals surface area contributed by atoms with E-state index in [1.54, 1.807) is 11.3 Å². The number of nitrogens with one attached hydrogen (secondary N) is 1. The second-order valence-corrected chi connectivity index (χ2v) is 7.00. The summed E-state index contributed by atoms with van der Waals surface area (Å²) >= 11 is 5.07. The Hall–Kier alpha value is -0.430. The van der Waals surface area contributed by atoms with Crippen LogP contribution in [0.4, 0.5) is 0 Å². The van der Waals surface area contributed by atoms with Crippen LogP contribution in [0.5, 0.6) is 0 Å². The number of rotatable bonds is 4. The molecule has 1 aromatic rings. The van der Waals surface area contributed by atoms with E-state index in [9.17, 15) is 4.79 Å². The van der Waals surface area contributed by atoms with Gasteiger partial charge >= 0.3 is 0 Å². The highest BCUT2D eigenvalue weighted by Gasteiger charge is 2.22. The second kappa shape index (κ2) is 6.83. The lowest BCUT2D eigenvalue weighted by molar-refractivity contribution is -0.123. The van der Waals surface area contributed by atoms with E-state index in [2.05, 4.69) is 45.0 Å². The van der Waals surface area contributed by atoms with Crippen molar-refractivity contribution in [1.82, 2.24) is 15.1 Å². The molecule has 2 heterocycles. The van der Waals surface area contributed by atoms with Crippen LogP contribution in [-0.4, -0.2) is 55.0 Å². The molecule has 1 aromatic heterocycles. The van der Waals surface area contributed by atoms with Crippen LogP contribution in [0.2, 0.25) is 0 Å². The van der Waals surface area contributed by atoms with Gasteiger partial charge in [0.15, 0.2) is 0 Å². The fourth-order valence-corrected chi connectivity index (χ4v) is 3.68. The normalized spacial score (nSPS) is 21.5. The minimum Gasteiger partial charge on any atom is -0.350 e. The van der Waals surface area contributed by atoms with Crippen LogP contribution in [0.15, 0.2) is 15.9 Å². The van der Waals surface area contributed by atoms with Crippen LogP contribution in [0, 0.1) is 0 Å². The van der Waals surface area contributed by atoms with Gasteiger partial charge in [-0.15, -0.1) is 11.3 Å². The lowest BCUT2D eigenvalue weighted by Crippen LogP contribution is -2.53. The maximum atomic E-state index is 11.9. The number of carbonyl (C=O) groups is 1. The summed E-state index contributed by atoms with van der Waals surface area (Å²) in [5.41, 5.74) is 0. The van der Waals surface area contributed by atoms with E-state index in [1.165, 1.54) is 4.88 Å². The van der Waals surface area contributed by atoms with Crippen molar-refractivity contribution in [3.8, 4) is 0 Å². The quantitative estimate of drug-likeness (QED) is 0.903. The maximum Gasteiger partial charge on any atom is 0.234 e. The predicted octanol–water partition coefficient (Wildman–Crippen LogP) is 1.76. The third kappa shape index (κ3) is 4.56. The summed E-state index contributed by atoms with van der Waals surface area (Å²) in [5, 5.41) is 5.02. The zero-order valence-electron chi connectivity index (χ0n) is 11.4. The molecule has 0 aromatic carbocycles. The van der Waals surface area contributed by atoms with Crippen LogP contribution >= 0.6 is 27.3 Å². The Bertz CT molecular complexity index is 437. The van der Waals surface area contributed by atoms with Crippen molar-refractivity contribution in [1.29, 1.82) is 0 Å². The average molecular weight is 346 g/mol. The van der Waals surface area contributed by atoms with Gasteiger partial charge in [0.2, 0.25) is 5.91 Å². The molecule has 1 atom stereocenters. The van der Waals surface area contributed by atoms with Crippen molar-refractivity contribution in [3.05, 3.63) is 20.8 Å². The van der Waals surface area contributed by atoms with Crippen LogP contribution in [0.3, 0.4) is 0 Å². The van der Waals surface area contributed by atoms with Gasteiger partial charge in [0.25, 0.3) is 0 Å². The summed E-state index contributed by atoms with van der Waals surface area (Å²) in [6.07, 6.45) is 0. The van der Waals surface area contributed by atoms with Crippen molar-refractivity contribution in [2.24, 2.45) is 0 Å². The fourth-order valence-electron chi connectivity index (χ4n) is 2.28. The molecule has 1 aliphatic heterocycles. The van der Waals surface area contributed by atoms with E-state index in [0.29, 0.717) is 19.1 Å². The number of thiophene rings is 1. The average Bonchev–Trinajstić information content (AvgIpc) is 2.76. The number of nitrogens with zero attached hydrogens (tertiary/aromatic N) is 2. The van der Waals surface area contributed by atoms with Crippen molar-refractivity contribution in [2.45, 2.75) is 19.5 Å². The number of hydrogen-bond acceptors (Lipinski definition) is 4. The summed E-state index contributed by atoms with van der Waals surface area (Å²) in [5.74, 6) is 0.112. The Labute approximate surface area is 126 Å². The summed E-state index contributed by atoms with van der Waals surface area (Å²) in [6.45, 7) is 6.34. The summed E-state index contributed by atoms with van der Waals surface area (Å²) in [7, 11) is 2.13. The third-order valence-corrected chi connectivity index (χ3v) is 5.09. The number of likely N-dealkylation sites (N-methyl/N-ethyl adjacent to an activating group) is 1. The van der Waals surface area contributed by atoms with Gasteiger partial charge in [0.05, 0.1) is 13.1 Å². The number of piperazine rings is 1. The molecule has 1 saturated heterocycles. The Morgan fingerprint density at radius 2 is 2.37 bits per heavy atom. The smallest absolute Gasteiger partial charge is 0.234 e.